The Hall–Kier alpha value is -0.740. The minimum Gasteiger partial charge on any atom is -0.508 e. The van der Waals surface area contributed by atoms with Gasteiger partial charge in [0.2, 0.25) is 0 Å². The van der Waals surface area contributed by atoms with Crippen LogP contribution >= 0.6 is 17.0 Å². The van der Waals surface area contributed by atoms with Crippen molar-refractivity contribution in [3.63, 3.8) is 0 Å². The molecule has 0 aliphatic heterocycles. The van der Waals surface area contributed by atoms with E-state index in [9.17, 15) is 10.2 Å². The predicted octanol–water partition coefficient (Wildman–Crippen LogP) is 2.09. The van der Waals surface area contributed by atoms with E-state index in [0.29, 0.717) is 17.5 Å². The van der Waals surface area contributed by atoms with Crippen LogP contribution in [-0.2, 0) is 12.8 Å². The summed E-state index contributed by atoms with van der Waals surface area (Å²) < 4.78 is 0. The van der Waals surface area contributed by atoms with Gasteiger partial charge in [0.25, 0.3) is 0 Å². The molecule has 0 spiro atoms. The van der Waals surface area contributed by atoms with Crippen molar-refractivity contribution in [1.29, 1.82) is 0 Å². The van der Waals surface area contributed by atoms with Crippen LogP contribution in [0.25, 0.3) is 0 Å². The summed E-state index contributed by atoms with van der Waals surface area (Å²) in [6.45, 7) is 0. The highest BCUT2D eigenvalue weighted by Crippen LogP contribution is 2.35. The van der Waals surface area contributed by atoms with Crippen LogP contribution in [0.1, 0.15) is 17.5 Å². The molecule has 1 unspecified atom stereocenters. The van der Waals surface area contributed by atoms with Gasteiger partial charge in [-0.1, -0.05) is 0 Å². The van der Waals surface area contributed by atoms with Crippen molar-refractivity contribution in [2.45, 2.75) is 25.3 Å². The first-order chi connectivity index (χ1) is 7.09. The topological polar surface area (TPSA) is 43.7 Å². The summed E-state index contributed by atoms with van der Waals surface area (Å²) in [5, 5.41) is 19.4. The Balaban J connectivity index is 0.00000128. The smallest absolute Gasteiger partial charge is 0.119 e. The molecule has 16 heavy (non-hydrogen) atoms. The molecule has 0 saturated carbocycles. The fourth-order valence-corrected chi connectivity index (χ4v) is 2.26. The molecule has 0 bridgehead atoms. The lowest BCUT2D eigenvalue weighted by Gasteiger charge is -2.30. The highest BCUT2D eigenvalue weighted by atomic mass is 79.9. The van der Waals surface area contributed by atoms with Gasteiger partial charge in [-0.3, -0.25) is 0 Å². The number of benzene rings is 1. The van der Waals surface area contributed by atoms with Crippen LogP contribution in [0.4, 0.5) is 0 Å². The number of nitrogens with zero attached hydrogens (tertiary/aromatic N) is 1. The van der Waals surface area contributed by atoms with Gasteiger partial charge in [0.1, 0.15) is 11.5 Å². The summed E-state index contributed by atoms with van der Waals surface area (Å²) in [6, 6.07) is 3.61. The second-order valence-corrected chi connectivity index (χ2v) is 4.42. The zero-order chi connectivity index (χ0) is 11.0. The fraction of sp³-hybridized carbons (Fsp3) is 0.500. The molecular formula is C12H18BrNO2. The average Bonchev–Trinajstić information content (AvgIpc) is 2.23. The Labute approximate surface area is 106 Å². The van der Waals surface area contributed by atoms with Crippen LogP contribution in [0.3, 0.4) is 0 Å². The predicted molar refractivity (Wildman–Crippen MR) is 69.6 cm³/mol. The highest BCUT2D eigenvalue weighted by molar-refractivity contribution is 8.93. The molecule has 90 valence electrons. The monoisotopic (exact) mass is 287 g/mol. The Bertz CT molecular complexity index is 380. The van der Waals surface area contributed by atoms with E-state index in [0.717, 1.165) is 30.4 Å². The van der Waals surface area contributed by atoms with Crippen LogP contribution in [0.15, 0.2) is 12.1 Å². The van der Waals surface area contributed by atoms with E-state index < -0.39 is 0 Å². The van der Waals surface area contributed by atoms with E-state index in [2.05, 4.69) is 19.0 Å². The van der Waals surface area contributed by atoms with E-state index in [-0.39, 0.29) is 17.0 Å². The summed E-state index contributed by atoms with van der Waals surface area (Å²) in [7, 11) is 4.10. The molecule has 1 atom stereocenters. The number of halogens is 1. The summed E-state index contributed by atoms with van der Waals surface area (Å²) in [4.78, 5) is 2.17. The first-order valence-electron chi connectivity index (χ1n) is 5.28. The molecule has 3 nitrogen and oxygen atoms in total. The van der Waals surface area contributed by atoms with Crippen LogP contribution < -0.4 is 0 Å². The van der Waals surface area contributed by atoms with Crippen molar-refractivity contribution in [2.24, 2.45) is 0 Å². The van der Waals surface area contributed by atoms with Gasteiger partial charge in [-0.15, -0.1) is 17.0 Å². The largest absolute Gasteiger partial charge is 0.508 e. The number of aromatic hydroxyl groups is 2. The number of hydrogen-bond donors (Lipinski definition) is 2. The molecule has 1 aliphatic rings. The lowest BCUT2D eigenvalue weighted by atomic mass is 9.86. The molecule has 4 heteroatoms. The van der Waals surface area contributed by atoms with Gasteiger partial charge in [-0.05, 0) is 45.5 Å². The maximum atomic E-state index is 9.75. The molecule has 1 aromatic rings. The van der Waals surface area contributed by atoms with Crippen LogP contribution in [0.5, 0.6) is 11.5 Å². The van der Waals surface area contributed by atoms with Gasteiger partial charge in [-0.25, -0.2) is 0 Å². The quantitative estimate of drug-likeness (QED) is 0.778. The third kappa shape index (κ3) is 2.33. The van der Waals surface area contributed by atoms with Gasteiger partial charge < -0.3 is 15.1 Å². The molecule has 0 radical (unpaired) electrons. The molecule has 0 fully saturated rings. The molecule has 0 amide bonds. The van der Waals surface area contributed by atoms with Crippen molar-refractivity contribution in [3.8, 4) is 11.5 Å². The molecular weight excluding hydrogens is 270 g/mol. The summed E-state index contributed by atoms with van der Waals surface area (Å²) in [6.07, 6.45) is 2.71. The second kappa shape index (κ2) is 5.06. The van der Waals surface area contributed by atoms with E-state index in [1.807, 2.05) is 0 Å². The van der Waals surface area contributed by atoms with E-state index >= 15 is 0 Å². The Kier molecular flexibility index (Phi) is 4.21. The fourth-order valence-electron chi connectivity index (χ4n) is 2.26. The maximum Gasteiger partial charge on any atom is 0.119 e. The zero-order valence-electron chi connectivity index (χ0n) is 9.60. The molecule has 2 N–H and O–H groups in total. The number of rotatable bonds is 1. The second-order valence-electron chi connectivity index (χ2n) is 4.42. The molecule has 0 heterocycles. The maximum absolute atomic E-state index is 9.75. The highest BCUT2D eigenvalue weighted by Gasteiger charge is 2.24. The van der Waals surface area contributed by atoms with Gasteiger partial charge in [0, 0.05) is 17.2 Å². The van der Waals surface area contributed by atoms with Crippen molar-refractivity contribution >= 4 is 17.0 Å². The Morgan fingerprint density at radius 1 is 1.12 bits per heavy atom. The average molecular weight is 288 g/mol. The lowest BCUT2D eigenvalue weighted by molar-refractivity contribution is 0.263. The number of hydrogen-bond acceptors (Lipinski definition) is 3. The summed E-state index contributed by atoms with van der Waals surface area (Å²) in [5.41, 5.74) is 1.84. The summed E-state index contributed by atoms with van der Waals surface area (Å²) >= 11 is 0. The van der Waals surface area contributed by atoms with Crippen LogP contribution in [0.2, 0.25) is 0 Å². The van der Waals surface area contributed by atoms with Crippen molar-refractivity contribution in [1.82, 2.24) is 4.90 Å². The normalized spacial score (nSPS) is 19.1. The van der Waals surface area contributed by atoms with Crippen LogP contribution in [0, 0.1) is 0 Å². The van der Waals surface area contributed by atoms with Gasteiger partial charge in [-0.2, -0.15) is 0 Å². The number of fused-ring (bicyclic) bond motifs is 1. The minimum absolute atomic E-state index is 0. The Morgan fingerprint density at radius 3 is 2.25 bits per heavy atom. The third-order valence-corrected chi connectivity index (χ3v) is 3.28. The van der Waals surface area contributed by atoms with E-state index in [4.69, 9.17) is 0 Å². The minimum atomic E-state index is 0. The number of phenolic OH excluding ortho intramolecular Hbond substituents is 2. The molecule has 2 rings (SSSR count). The molecule has 1 aliphatic carbocycles. The van der Waals surface area contributed by atoms with Crippen molar-refractivity contribution in [3.05, 3.63) is 23.3 Å². The number of likely N-dealkylation sites (N-methyl/N-ethyl adjacent to an activating group) is 1. The molecule has 1 aromatic carbocycles. The van der Waals surface area contributed by atoms with Gasteiger partial charge in [0.05, 0.1) is 0 Å². The number of phenols is 2. The zero-order valence-corrected chi connectivity index (χ0v) is 11.3. The Morgan fingerprint density at radius 2 is 1.69 bits per heavy atom. The van der Waals surface area contributed by atoms with Gasteiger partial charge in [0.15, 0.2) is 0 Å². The lowest BCUT2D eigenvalue weighted by Crippen LogP contribution is -2.33. The molecule has 0 aromatic heterocycles. The van der Waals surface area contributed by atoms with E-state index in [1.54, 1.807) is 12.1 Å². The summed E-state index contributed by atoms with van der Waals surface area (Å²) in [5.74, 6) is 0.634. The van der Waals surface area contributed by atoms with Crippen molar-refractivity contribution in [2.75, 3.05) is 14.1 Å². The third-order valence-electron chi connectivity index (χ3n) is 3.28. The standard InChI is InChI=1S/C12H17NO2.BrH/c1-13(2)8-3-4-9-10(7-8)12(15)6-5-11(9)14;/h5-6,8,14-15H,3-4,7H2,1-2H3;1H. The first-order valence-corrected chi connectivity index (χ1v) is 5.28. The van der Waals surface area contributed by atoms with Crippen molar-refractivity contribution < 1.29 is 10.2 Å². The first kappa shape index (κ1) is 13.3. The van der Waals surface area contributed by atoms with E-state index in [1.165, 1.54) is 0 Å². The molecule has 0 saturated heterocycles. The van der Waals surface area contributed by atoms with Crippen LogP contribution in [-0.4, -0.2) is 35.3 Å². The SMILES string of the molecule is Br.CN(C)C1CCc2c(O)ccc(O)c2C1. The van der Waals surface area contributed by atoms with Gasteiger partial charge >= 0.3 is 0 Å².